The monoisotopic (exact) mass is 475 g/mol. The predicted octanol–water partition coefficient (Wildman–Crippen LogP) is 2.96. The molecule has 0 spiro atoms. The van der Waals surface area contributed by atoms with Gasteiger partial charge in [-0.05, 0) is 19.1 Å². The average molecular weight is 476 g/mol. The van der Waals surface area contributed by atoms with Gasteiger partial charge >= 0.3 is 0 Å². The Morgan fingerprint density at radius 2 is 2.03 bits per heavy atom. The molecule has 0 bridgehead atoms. The lowest BCUT2D eigenvalue weighted by Gasteiger charge is -2.20. The second-order valence-electron chi connectivity index (χ2n) is 7.23. The van der Waals surface area contributed by atoms with Gasteiger partial charge in [0.15, 0.2) is 5.65 Å². The number of para-hydroxylation sites is 1. The minimum absolute atomic E-state index is 0.252. The van der Waals surface area contributed by atoms with E-state index >= 15 is 0 Å². The number of hydrogen-bond donors (Lipinski definition) is 2. The van der Waals surface area contributed by atoms with Crippen molar-refractivity contribution in [1.82, 2.24) is 24.6 Å². The van der Waals surface area contributed by atoms with E-state index in [2.05, 4.69) is 25.7 Å². The third-order valence-corrected chi connectivity index (χ3v) is 5.95. The zero-order chi connectivity index (χ0) is 22.9. The third kappa shape index (κ3) is 4.45. The number of ether oxygens (including phenoxy) is 1. The molecule has 168 valence electrons. The van der Waals surface area contributed by atoms with Gasteiger partial charge in [0.2, 0.25) is 15.8 Å². The van der Waals surface area contributed by atoms with Gasteiger partial charge in [0, 0.05) is 36.9 Å². The summed E-state index contributed by atoms with van der Waals surface area (Å²) in [6.45, 7) is 2.97. The van der Waals surface area contributed by atoms with Crippen LogP contribution in [0.25, 0.3) is 16.6 Å². The van der Waals surface area contributed by atoms with Gasteiger partial charge < -0.3 is 15.4 Å². The molecule has 0 aliphatic rings. The van der Waals surface area contributed by atoms with E-state index in [1.165, 1.54) is 10.7 Å². The van der Waals surface area contributed by atoms with Crippen LogP contribution in [0.5, 0.6) is 0 Å². The van der Waals surface area contributed by atoms with Crippen molar-refractivity contribution < 1.29 is 13.2 Å². The van der Waals surface area contributed by atoms with E-state index in [9.17, 15) is 8.42 Å². The van der Waals surface area contributed by atoms with Gasteiger partial charge in [-0.25, -0.2) is 13.4 Å². The number of nitrogens with zero attached hydrogens (tertiary/aromatic N) is 5. The maximum atomic E-state index is 12.1. The Morgan fingerprint density at radius 3 is 2.78 bits per heavy atom. The highest BCUT2D eigenvalue weighted by molar-refractivity contribution is 7.90. The summed E-state index contributed by atoms with van der Waals surface area (Å²) in [5, 5.41) is 11.9. The molecule has 0 unspecified atom stereocenters. The van der Waals surface area contributed by atoms with Gasteiger partial charge in [-0.15, -0.1) is 0 Å². The highest BCUT2D eigenvalue weighted by Gasteiger charge is 2.20. The van der Waals surface area contributed by atoms with Gasteiger partial charge in [0.1, 0.15) is 5.82 Å². The number of benzene rings is 1. The Kier molecular flexibility index (Phi) is 6.13. The number of anilines is 2. The lowest BCUT2D eigenvalue weighted by molar-refractivity contribution is 0.210. The molecule has 4 rings (SSSR count). The van der Waals surface area contributed by atoms with Crippen molar-refractivity contribution in [2.45, 2.75) is 18.1 Å². The van der Waals surface area contributed by atoms with E-state index < -0.39 is 9.84 Å². The summed E-state index contributed by atoms with van der Waals surface area (Å²) in [4.78, 5) is 13.0. The van der Waals surface area contributed by atoms with E-state index in [1.54, 1.807) is 19.2 Å². The molecule has 4 aromatic rings. The van der Waals surface area contributed by atoms with Crippen molar-refractivity contribution in [2.75, 3.05) is 37.2 Å². The molecule has 0 aliphatic carbocycles. The second-order valence-corrected chi connectivity index (χ2v) is 9.54. The zero-order valence-electron chi connectivity index (χ0n) is 17.7. The summed E-state index contributed by atoms with van der Waals surface area (Å²) >= 11 is 6.35. The summed E-state index contributed by atoms with van der Waals surface area (Å²) in [5.41, 5.74) is 1.90. The minimum atomic E-state index is -3.61. The van der Waals surface area contributed by atoms with Crippen LogP contribution in [0.15, 0.2) is 41.7 Å². The molecule has 2 N–H and O–H groups in total. The molecule has 0 saturated heterocycles. The Morgan fingerprint density at radius 1 is 1.22 bits per heavy atom. The summed E-state index contributed by atoms with van der Waals surface area (Å²) in [6.07, 6.45) is 2.60. The minimum Gasteiger partial charge on any atom is -0.383 e. The van der Waals surface area contributed by atoms with Crippen molar-refractivity contribution in [1.29, 1.82) is 0 Å². The number of methoxy groups -OCH3 is 1. The van der Waals surface area contributed by atoms with Crippen LogP contribution in [-0.4, -0.2) is 59.5 Å². The molecule has 0 amide bonds. The van der Waals surface area contributed by atoms with Gasteiger partial charge in [-0.3, -0.25) is 0 Å². The largest absolute Gasteiger partial charge is 0.383 e. The van der Waals surface area contributed by atoms with Crippen LogP contribution in [0.3, 0.4) is 0 Å². The summed E-state index contributed by atoms with van der Waals surface area (Å²) < 4.78 is 30.7. The van der Waals surface area contributed by atoms with Crippen LogP contribution in [0, 0.1) is 0 Å². The van der Waals surface area contributed by atoms with Crippen LogP contribution in [0.1, 0.15) is 18.5 Å². The number of aromatic nitrogens is 5. The topological polar surface area (TPSA) is 123 Å². The standard InChI is InChI=1S/C20H22ClN7O3S/c1-12(24-19-27-20(32(3,29)30)25-16-7-8-23-28(16)19)14-11-13-5-4-6-15(21)17(13)26-18(14)22-9-10-31-2/h4-8,11-12H,9-10H2,1-3H3,(H,22,26)(H,24,25,27)/t12-/m0/s1. The first-order valence-corrected chi connectivity index (χ1v) is 12.0. The molecule has 0 aliphatic heterocycles. The number of halogens is 1. The smallest absolute Gasteiger partial charge is 0.252 e. The fraction of sp³-hybridized carbons (Fsp3) is 0.300. The van der Waals surface area contributed by atoms with Gasteiger partial charge in [-0.2, -0.15) is 19.6 Å². The average Bonchev–Trinajstić information content (AvgIpc) is 3.22. The first-order valence-electron chi connectivity index (χ1n) is 9.78. The van der Waals surface area contributed by atoms with Crippen molar-refractivity contribution in [2.24, 2.45) is 0 Å². The van der Waals surface area contributed by atoms with Crippen molar-refractivity contribution in [3.8, 4) is 0 Å². The fourth-order valence-corrected chi connectivity index (χ4v) is 3.99. The number of nitrogens with one attached hydrogen (secondary N) is 2. The summed E-state index contributed by atoms with van der Waals surface area (Å²) in [7, 11) is -1.98. The van der Waals surface area contributed by atoms with Crippen LogP contribution in [0.2, 0.25) is 5.02 Å². The van der Waals surface area contributed by atoms with E-state index in [4.69, 9.17) is 21.3 Å². The summed E-state index contributed by atoms with van der Waals surface area (Å²) in [5.74, 6) is 0.888. The normalized spacial score (nSPS) is 12.9. The molecule has 10 nitrogen and oxygen atoms in total. The van der Waals surface area contributed by atoms with Gasteiger partial charge in [0.25, 0.3) is 5.16 Å². The molecule has 1 atom stereocenters. The van der Waals surface area contributed by atoms with Crippen LogP contribution >= 0.6 is 11.6 Å². The number of pyridine rings is 1. The van der Waals surface area contributed by atoms with Crippen LogP contribution < -0.4 is 10.6 Å². The Bertz CT molecular complexity index is 1390. The molecule has 32 heavy (non-hydrogen) atoms. The lowest BCUT2D eigenvalue weighted by Crippen LogP contribution is -2.18. The Balaban J connectivity index is 1.77. The quantitative estimate of drug-likeness (QED) is 0.370. The predicted molar refractivity (Wildman–Crippen MR) is 123 cm³/mol. The highest BCUT2D eigenvalue weighted by atomic mass is 35.5. The molecule has 3 heterocycles. The first-order chi connectivity index (χ1) is 15.3. The van der Waals surface area contributed by atoms with Gasteiger partial charge in [-0.1, -0.05) is 23.7 Å². The number of sulfone groups is 1. The zero-order valence-corrected chi connectivity index (χ0v) is 19.3. The maximum Gasteiger partial charge on any atom is 0.252 e. The van der Waals surface area contributed by atoms with Crippen LogP contribution in [0.4, 0.5) is 11.8 Å². The maximum absolute atomic E-state index is 12.1. The molecule has 3 aromatic heterocycles. The molecule has 0 fully saturated rings. The second kappa shape index (κ2) is 8.85. The van der Waals surface area contributed by atoms with Crippen molar-refractivity contribution >= 4 is 49.8 Å². The lowest BCUT2D eigenvalue weighted by atomic mass is 10.1. The van der Waals surface area contributed by atoms with E-state index in [0.29, 0.717) is 35.2 Å². The van der Waals surface area contributed by atoms with Crippen molar-refractivity contribution in [3.05, 3.63) is 47.1 Å². The molecular formula is C20H22ClN7O3S. The fourth-order valence-electron chi connectivity index (χ4n) is 3.26. The Hall–Kier alpha value is -3.02. The molecule has 0 radical (unpaired) electrons. The number of hydrogen-bond acceptors (Lipinski definition) is 9. The highest BCUT2D eigenvalue weighted by Crippen LogP contribution is 2.31. The third-order valence-electron chi connectivity index (χ3n) is 4.80. The number of rotatable bonds is 8. The first kappa shape index (κ1) is 22.2. The van der Waals surface area contributed by atoms with E-state index in [0.717, 1.165) is 17.2 Å². The Labute approximate surface area is 189 Å². The number of fused-ring (bicyclic) bond motifs is 2. The SMILES string of the molecule is COCCNc1nc2c(Cl)cccc2cc1[C@H](C)Nc1nc(S(C)(=O)=O)nc2ccnn12. The van der Waals surface area contributed by atoms with Crippen LogP contribution in [-0.2, 0) is 14.6 Å². The van der Waals surface area contributed by atoms with E-state index in [-0.39, 0.29) is 17.1 Å². The van der Waals surface area contributed by atoms with Crippen molar-refractivity contribution in [3.63, 3.8) is 0 Å². The summed E-state index contributed by atoms with van der Waals surface area (Å²) in [6, 6.07) is 8.87. The molecular weight excluding hydrogens is 454 g/mol. The molecule has 12 heteroatoms. The molecule has 0 saturated carbocycles. The molecule has 1 aromatic carbocycles. The van der Waals surface area contributed by atoms with Gasteiger partial charge in [0.05, 0.1) is 29.4 Å². The van der Waals surface area contributed by atoms with E-state index in [1.807, 2.05) is 25.1 Å².